The van der Waals surface area contributed by atoms with Crippen LogP contribution in [-0.2, 0) is 0 Å². The Kier molecular flexibility index (Phi) is 6.89. The van der Waals surface area contributed by atoms with E-state index in [0.29, 0.717) is 22.8 Å². The average Bonchev–Trinajstić information content (AvgIpc) is 2.86. The molecule has 0 aliphatic heterocycles. The number of nitrogens with zero attached hydrogens (tertiary/aromatic N) is 3. The van der Waals surface area contributed by atoms with Crippen molar-refractivity contribution in [1.29, 1.82) is 0 Å². The molecule has 3 heterocycles. The predicted molar refractivity (Wildman–Crippen MR) is 133 cm³/mol. The van der Waals surface area contributed by atoms with Gasteiger partial charge in [0, 0.05) is 33.3 Å². The van der Waals surface area contributed by atoms with Crippen LogP contribution in [0.25, 0.3) is 11.3 Å². The van der Waals surface area contributed by atoms with Crippen molar-refractivity contribution in [2.24, 2.45) is 0 Å². The fourth-order valence-electron chi connectivity index (χ4n) is 2.96. The van der Waals surface area contributed by atoms with Crippen molar-refractivity contribution < 1.29 is 14.3 Å². The van der Waals surface area contributed by atoms with Gasteiger partial charge in [-0.2, -0.15) is 0 Å². The van der Waals surface area contributed by atoms with Crippen molar-refractivity contribution in [1.82, 2.24) is 15.0 Å². The minimum atomic E-state index is -0.411. The number of rotatable bonds is 6. The molecule has 0 saturated heterocycles. The number of hydrogen-bond acceptors (Lipinski definition) is 6. The molecule has 0 fully saturated rings. The quantitative estimate of drug-likeness (QED) is 0.338. The zero-order valence-corrected chi connectivity index (χ0v) is 19.6. The highest BCUT2D eigenvalue weighted by molar-refractivity contribution is 14.1. The summed E-state index contributed by atoms with van der Waals surface area (Å²) in [6, 6.07) is 17.7. The number of hydrogen-bond donors (Lipinski definition) is 2. The molecule has 0 aliphatic rings. The molecule has 164 valence electrons. The van der Waals surface area contributed by atoms with Crippen LogP contribution in [0, 0.1) is 3.57 Å². The van der Waals surface area contributed by atoms with E-state index in [2.05, 4.69) is 48.2 Å². The van der Waals surface area contributed by atoms with Gasteiger partial charge in [-0.05, 0) is 71.1 Å². The van der Waals surface area contributed by atoms with Gasteiger partial charge in [0.2, 0.25) is 5.88 Å². The topological polar surface area (TPSA) is 106 Å². The van der Waals surface area contributed by atoms with E-state index < -0.39 is 5.91 Å². The van der Waals surface area contributed by atoms with Gasteiger partial charge in [-0.1, -0.05) is 6.07 Å². The number of carbonyl (C=O) groups is 2. The van der Waals surface area contributed by atoms with Crippen LogP contribution < -0.4 is 15.4 Å². The Labute approximate surface area is 203 Å². The maximum Gasteiger partial charge on any atom is 0.274 e. The van der Waals surface area contributed by atoms with Crippen molar-refractivity contribution in [3.05, 3.63) is 94.1 Å². The van der Waals surface area contributed by atoms with E-state index in [1.807, 2.05) is 36.4 Å². The smallest absolute Gasteiger partial charge is 0.274 e. The SMILES string of the molecule is COc1ccc(NC(=O)c2ccc(C(=O)Nc3ccc(I)c(-c4ccccn4)c3)cn2)cn1. The first-order valence-electron chi connectivity index (χ1n) is 9.83. The highest BCUT2D eigenvalue weighted by Gasteiger charge is 2.13. The van der Waals surface area contributed by atoms with Gasteiger partial charge >= 0.3 is 0 Å². The maximum absolute atomic E-state index is 12.7. The molecule has 0 radical (unpaired) electrons. The lowest BCUT2D eigenvalue weighted by Crippen LogP contribution is -2.16. The summed E-state index contributed by atoms with van der Waals surface area (Å²) in [4.78, 5) is 37.6. The van der Waals surface area contributed by atoms with E-state index in [-0.39, 0.29) is 11.6 Å². The van der Waals surface area contributed by atoms with Crippen molar-refractivity contribution >= 4 is 45.8 Å². The third-order valence-electron chi connectivity index (χ3n) is 4.63. The molecule has 2 N–H and O–H groups in total. The summed E-state index contributed by atoms with van der Waals surface area (Å²) in [7, 11) is 1.51. The number of pyridine rings is 3. The van der Waals surface area contributed by atoms with E-state index in [0.717, 1.165) is 14.8 Å². The average molecular weight is 551 g/mol. The number of ether oxygens (including phenoxy) is 1. The van der Waals surface area contributed by atoms with E-state index in [1.165, 1.54) is 25.6 Å². The Balaban J connectivity index is 1.43. The Morgan fingerprint density at radius 2 is 1.67 bits per heavy atom. The van der Waals surface area contributed by atoms with Crippen LogP contribution in [0.1, 0.15) is 20.8 Å². The number of amides is 2. The second kappa shape index (κ2) is 10.2. The summed E-state index contributed by atoms with van der Waals surface area (Å²) >= 11 is 2.24. The zero-order valence-electron chi connectivity index (χ0n) is 17.4. The minimum absolute atomic E-state index is 0.175. The van der Waals surface area contributed by atoms with Crippen molar-refractivity contribution in [3.8, 4) is 17.1 Å². The van der Waals surface area contributed by atoms with Gasteiger partial charge in [0.25, 0.3) is 11.8 Å². The van der Waals surface area contributed by atoms with Crippen LogP contribution in [0.4, 0.5) is 11.4 Å². The lowest BCUT2D eigenvalue weighted by Gasteiger charge is -2.10. The fraction of sp³-hybridized carbons (Fsp3) is 0.0417. The number of nitrogens with one attached hydrogen (secondary N) is 2. The van der Waals surface area contributed by atoms with Crippen molar-refractivity contribution in [3.63, 3.8) is 0 Å². The lowest BCUT2D eigenvalue weighted by atomic mass is 10.1. The Morgan fingerprint density at radius 3 is 2.33 bits per heavy atom. The minimum Gasteiger partial charge on any atom is -0.481 e. The van der Waals surface area contributed by atoms with Gasteiger partial charge in [-0.25, -0.2) is 4.98 Å². The third kappa shape index (κ3) is 5.50. The van der Waals surface area contributed by atoms with E-state index in [1.54, 1.807) is 24.4 Å². The largest absolute Gasteiger partial charge is 0.481 e. The number of methoxy groups -OCH3 is 1. The molecule has 0 saturated carbocycles. The van der Waals surface area contributed by atoms with Gasteiger partial charge in [0.05, 0.1) is 30.3 Å². The van der Waals surface area contributed by atoms with Crippen LogP contribution in [0.15, 0.2) is 79.3 Å². The number of aromatic nitrogens is 3. The molecule has 0 spiro atoms. The molecule has 33 heavy (non-hydrogen) atoms. The second-order valence-electron chi connectivity index (χ2n) is 6.84. The summed E-state index contributed by atoms with van der Waals surface area (Å²) < 4.78 is 6.02. The fourth-order valence-corrected chi connectivity index (χ4v) is 3.57. The van der Waals surface area contributed by atoms with Gasteiger partial charge in [0.1, 0.15) is 5.69 Å². The summed E-state index contributed by atoms with van der Waals surface area (Å²) in [5, 5.41) is 5.56. The zero-order chi connectivity index (χ0) is 23.2. The number of carbonyl (C=O) groups excluding carboxylic acids is 2. The third-order valence-corrected chi connectivity index (χ3v) is 5.57. The normalized spacial score (nSPS) is 10.4. The Hall–Kier alpha value is -3.86. The lowest BCUT2D eigenvalue weighted by molar-refractivity contribution is 0.101. The molecule has 4 aromatic rings. The van der Waals surface area contributed by atoms with Crippen molar-refractivity contribution in [2.45, 2.75) is 0 Å². The highest BCUT2D eigenvalue weighted by Crippen LogP contribution is 2.27. The number of halogens is 1. The van der Waals surface area contributed by atoms with Crippen LogP contribution in [0.2, 0.25) is 0 Å². The van der Waals surface area contributed by atoms with E-state index in [9.17, 15) is 9.59 Å². The molecular formula is C24H18IN5O3. The second-order valence-corrected chi connectivity index (χ2v) is 8.00. The van der Waals surface area contributed by atoms with Crippen LogP contribution >= 0.6 is 22.6 Å². The summed E-state index contributed by atoms with van der Waals surface area (Å²) in [6.07, 6.45) is 4.58. The predicted octanol–water partition coefficient (Wildman–Crippen LogP) is 4.66. The molecule has 1 aromatic carbocycles. The van der Waals surface area contributed by atoms with Crippen LogP contribution in [0.3, 0.4) is 0 Å². The molecule has 4 rings (SSSR count). The van der Waals surface area contributed by atoms with Crippen molar-refractivity contribution in [2.75, 3.05) is 17.7 Å². The molecule has 2 amide bonds. The summed E-state index contributed by atoms with van der Waals surface area (Å²) in [5.74, 6) is -0.296. The van der Waals surface area contributed by atoms with E-state index >= 15 is 0 Å². The van der Waals surface area contributed by atoms with Gasteiger partial charge in [-0.3, -0.25) is 19.6 Å². The standard InChI is InChI=1S/C24H18IN5O3/c1-33-22-10-7-17(14-28-22)30-24(32)21-9-5-15(13-27-21)23(31)29-16-6-8-19(25)18(12-16)20-4-2-3-11-26-20/h2-14H,1H3,(H,29,31)(H,30,32). The molecule has 0 aliphatic carbocycles. The summed E-state index contributed by atoms with van der Waals surface area (Å²) in [6.45, 7) is 0. The first kappa shape index (κ1) is 22.3. The van der Waals surface area contributed by atoms with E-state index in [4.69, 9.17) is 4.74 Å². The molecule has 8 nitrogen and oxygen atoms in total. The number of benzene rings is 1. The van der Waals surface area contributed by atoms with Crippen LogP contribution in [-0.4, -0.2) is 33.9 Å². The molecule has 0 unspecified atom stereocenters. The first-order chi connectivity index (χ1) is 16.0. The molecule has 0 bridgehead atoms. The molecule has 9 heteroatoms. The molecule has 3 aromatic heterocycles. The van der Waals surface area contributed by atoms with Gasteiger partial charge in [0.15, 0.2) is 0 Å². The first-order valence-corrected chi connectivity index (χ1v) is 10.9. The highest BCUT2D eigenvalue weighted by atomic mass is 127. The molecular weight excluding hydrogens is 533 g/mol. The van der Waals surface area contributed by atoms with Gasteiger partial charge < -0.3 is 15.4 Å². The summed E-state index contributed by atoms with van der Waals surface area (Å²) in [5.41, 5.74) is 3.39. The Bertz CT molecular complexity index is 1280. The van der Waals surface area contributed by atoms with Gasteiger partial charge in [-0.15, -0.1) is 0 Å². The Morgan fingerprint density at radius 1 is 0.848 bits per heavy atom. The number of anilines is 2. The molecule has 0 atom stereocenters. The monoisotopic (exact) mass is 551 g/mol. The maximum atomic E-state index is 12.7. The van der Waals surface area contributed by atoms with Crippen LogP contribution in [0.5, 0.6) is 5.88 Å².